The summed E-state index contributed by atoms with van der Waals surface area (Å²) in [5.74, 6) is 0.516. The van der Waals surface area contributed by atoms with E-state index in [4.69, 9.17) is 0 Å². The highest BCUT2D eigenvalue weighted by atomic mass is 32.2. The molecular formula is C21H22N4OS. The van der Waals surface area contributed by atoms with Crippen molar-refractivity contribution >= 4 is 28.3 Å². The van der Waals surface area contributed by atoms with E-state index in [-0.39, 0.29) is 0 Å². The second-order valence-corrected chi connectivity index (χ2v) is 7.48. The Hall–Kier alpha value is -2.44. The zero-order valence-corrected chi connectivity index (χ0v) is 16.3. The van der Waals surface area contributed by atoms with Gasteiger partial charge in [-0.3, -0.25) is 0 Å². The van der Waals surface area contributed by atoms with Gasteiger partial charge in [-0.2, -0.15) is 0 Å². The van der Waals surface area contributed by atoms with Gasteiger partial charge in [0.15, 0.2) is 5.65 Å². The highest BCUT2D eigenvalue weighted by molar-refractivity contribution is 7.99. The van der Waals surface area contributed by atoms with E-state index in [1.165, 1.54) is 22.9 Å². The van der Waals surface area contributed by atoms with Crippen LogP contribution in [0, 0.1) is 0 Å². The lowest BCUT2D eigenvalue weighted by atomic mass is 9.97. The largest absolute Gasteiger partial charge is 0.388 e. The number of aryl methyl sites for hydroxylation is 2. The first kappa shape index (κ1) is 17.9. The summed E-state index contributed by atoms with van der Waals surface area (Å²) in [6.07, 6.45) is 3.01. The van der Waals surface area contributed by atoms with Crippen molar-refractivity contribution in [3.05, 3.63) is 65.5 Å². The smallest absolute Gasteiger partial charge is 0.209 e. The van der Waals surface area contributed by atoms with Gasteiger partial charge in [-0.05, 0) is 41.7 Å². The van der Waals surface area contributed by atoms with E-state index in [0.29, 0.717) is 10.9 Å². The van der Waals surface area contributed by atoms with Crippen molar-refractivity contribution in [1.29, 1.82) is 0 Å². The van der Waals surface area contributed by atoms with Crippen LogP contribution in [0.25, 0.3) is 16.6 Å². The summed E-state index contributed by atoms with van der Waals surface area (Å²) in [6.45, 7) is 4.25. The van der Waals surface area contributed by atoms with Gasteiger partial charge < -0.3 is 5.11 Å². The summed E-state index contributed by atoms with van der Waals surface area (Å²) in [4.78, 5) is 9.06. The van der Waals surface area contributed by atoms with Crippen LogP contribution in [0.1, 0.15) is 36.6 Å². The lowest BCUT2D eigenvalue weighted by Gasteiger charge is -2.15. The maximum Gasteiger partial charge on any atom is 0.209 e. The summed E-state index contributed by atoms with van der Waals surface area (Å²) in [5.41, 5.74) is 5.14. The molecule has 0 saturated carbocycles. The van der Waals surface area contributed by atoms with Crippen molar-refractivity contribution in [2.24, 2.45) is 0 Å². The first-order valence-electron chi connectivity index (χ1n) is 9.22. The van der Waals surface area contributed by atoms with E-state index in [1.807, 2.05) is 24.3 Å². The third-order valence-electron chi connectivity index (χ3n) is 4.79. The molecule has 138 valence electrons. The Balaban J connectivity index is 1.57. The Morgan fingerprint density at radius 3 is 2.78 bits per heavy atom. The number of aliphatic hydroxyl groups excluding tert-OH is 1. The number of fused-ring (bicyclic) bond motifs is 3. The summed E-state index contributed by atoms with van der Waals surface area (Å²) in [6, 6.07) is 14.3. The Labute approximate surface area is 162 Å². The standard InChI is InChI=1S/C21H22N4OS/c1-3-14-9-10-15(4-2)17(11-14)19(26)12-27-21-23-20-16-7-5-6-8-18(16)22-13-25(20)24-21/h5-11,13,19,26H,3-4,12H2,1-2H3. The highest BCUT2D eigenvalue weighted by Crippen LogP contribution is 2.27. The monoisotopic (exact) mass is 378 g/mol. The minimum absolute atomic E-state index is 0.516. The summed E-state index contributed by atoms with van der Waals surface area (Å²) >= 11 is 1.47. The van der Waals surface area contributed by atoms with Crippen LogP contribution in [0.5, 0.6) is 0 Å². The van der Waals surface area contributed by atoms with Crippen LogP contribution < -0.4 is 0 Å². The second-order valence-electron chi connectivity index (χ2n) is 6.49. The van der Waals surface area contributed by atoms with Gasteiger partial charge in [0.1, 0.15) is 6.33 Å². The molecule has 0 amide bonds. The van der Waals surface area contributed by atoms with E-state index in [0.717, 1.165) is 35.0 Å². The van der Waals surface area contributed by atoms with Crippen molar-refractivity contribution < 1.29 is 5.11 Å². The first-order chi connectivity index (χ1) is 13.2. The van der Waals surface area contributed by atoms with E-state index < -0.39 is 6.10 Å². The number of hydrogen-bond donors (Lipinski definition) is 1. The topological polar surface area (TPSA) is 63.3 Å². The number of nitrogens with zero attached hydrogens (tertiary/aromatic N) is 4. The predicted octanol–water partition coefficient (Wildman–Crippen LogP) is 4.23. The number of benzene rings is 2. The Morgan fingerprint density at radius 2 is 1.96 bits per heavy atom. The van der Waals surface area contributed by atoms with Crippen LogP contribution in [-0.4, -0.2) is 30.4 Å². The molecule has 2 heterocycles. The Bertz CT molecular complexity index is 1090. The molecule has 0 spiro atoms. The fraction of sp³-hybridized carbons (Fsp3) is 0.286. The average molecular weight is 379 g/mol. The summed E-state index contributed by atoms with van der Waals surface area (Å²) in [5, 5.41) is 16.9. The molecule has 2 aromatic carbocycles. The van der Waals surface area contributed by atoms with Gasteiger partial charge >= 0.3 is 0 Å². The summed E-state index contributed by atoms with van der Waals surface area (Å²) < 4.78 is 1.70. The molecule has 2 aromatic heterocycles. The Morgan fingerprint density at radius 1 is 1.11 bits per heavy atom. The fourth-order valence-corrected chi connectivity index (χ4v) is 4.04. The van der Waals surface area contributed by atoms with Crippen molar-refractivity contribution in [2.75, 3.05) is 5.75 Å². The van der Waals surface area contributed by atoms with Gasteiger partial charge in [-0.25, -0.2) is 14.5 Å². The van der Waals surface area contributed by atoms with Crippen LogP contribution in [0.4, 0.5) is 0 Å². The minimum Gasteiger partial charge on any atom is -0.388 e. The highest BCUT2D eigenvalue weighted by Gasteiger charge is 2.15. The van der Waals surface area contributed by atoms with Crippen LogP contribution in [0.15, 0.2) is 53.9 Å². The maximum atomic E-state index is 10.8. The molecule has 1 atom stereocenters. The van der Waals surface area contributed by atoms with Gasteiger partial charge in [-0.15, -0.1) is 5.10 Å². The second kappa shape index (κ2) is 7.66. The number of rotatable bonds is 6. The van der Waals surface area contributed by atoms with E-state index in [2.05, 4.69) is 47.1 Å². The molecule has 0 aliphatic rings. The first-order valence-corrected chi connectivity index (χ1v) is 10.2. The molecular weight excluding hydrogens is 356 g/mol. The van der Waals surface area contributed by atoms with E-state index in [1.54, 1.807) is 10.8 Å². The third-order valence-corrected chi connectivity index (χ3v) is 5.71. The molecule has 5 nitrogen and oxygen atoms in total. The molecule has 0 bridgehead atoms. The molecule has 0 fully saturated rings. The molecule has 0 aliphatic carbocycles. The number of hydrogen-bond acceptors (Lipinski definition) is 5. The molecule has 0 radical (unpaired) electrons. The quantitative estimate of drug-likeness (QED) is 0.509. The van der Waals surface area contributed by atoms with Gasteiger partial charge in [0.25, 0.3) is 0 Å². The average Bonchev–Trinajstić information content (AvgIpc) is 3.15. The molecule has 0 saturated heterocycles. The molecule has 0 aliphatic heterocycles. The minimum atomic E-state index is -0.544. The number of thioether (sulfide) groups is 1. The van der Waals surface area contributed by atoms with Gasteiger partial charge in [0.2, 0.25) is 5.16 Å². The van der Waals surface area contributed by atoms with Crippen molar-refractivity contribution in [2.45, 2.75) is 37.9 Å². The van der Waals surface area contributed by atoms with Crippen LogP contribution >= 0.6 is 11.8 Å². The fourth-order valence-electron chi connectivity index (χ4n) is 3.26. The molecule has 6 heteroatoms. The van der Waals surface area contributed by atoms with Gasteiger partial charge in [0, 0.05) is 11.1 Å². The normalized spacial score (nSPS) is 12.7. The van der Waals surface area contributed by atoms with E-state index >= 15 is 0 Å². The maximum absolute atomic E-state index is 10.8. The predicted molar refractivity (Wildman–Crippen MR) is 109 cm³/mol. The molecule has 4 aromatic rings. The number of aromatic nitrogens is 4. The van der Waals surface area contributed by atoms with Gasteiger partial charge in [-0.1, -0.05) is 55.9 Å². The van der Waals surface area contributed by atoms with Crippen LogP contribution in [0.3, 0.4) is 0 Å². The molecule has 1 N–H and O–H groups in total. The van der Waals surface area contributed by atoms with Crippen molar-refractivity contribution in [1.82, 2.24) is 19.6 Å². The lowest BCUT2D eigenvalue weighted by molar-refractivity contribution is 0.203. The van der Waals surface area contributed by atoms with Crippen LogP contribution in [0.2, 0.25) is 0 Å². The Kier molecular flexibility index (Phi) is 5.09. The zero-order valence-electron chi connectivity index (χ0n) is 15.5. The van der Waals surface area contributed by atoms with E-state index in [9.17, 15) is 5.11 Å². The molecule has 27 heavy (non-hydrogen) atoms. The zero-order chi connectivity index (χ0) is 18.8. The molecule has 1 unspecified atom stereocenters. The third kappa shape index (κ3) is 3.55. The molecule has 4 rings (SSSR count). The number of aliphatic hydroxyl groups is 1. The number of para-hydroxylation sites is 1. The van der Waals surface area contributed by atoms with Crippen molar-refractivity contribution in [3.8, 4) is 0 Å². The lowest BCUT2D eigenvalue weighted by Crippen LogP contribution is -2.05. The SMILES string of the molecule is CCc1ccc(CC)c(C(O)CSc2nc3c4ccccc4ncn3n2)c1. The summed E-state index contributed by atoms with van der Waals surface area (Å²) in [7, 11) is 0. The van der Waals surface area contributed by atoms with Crippen LogP contribution in [-0.2, 0) is 12.8 Å². The van der Waals surface area contributed by atoms with Crippen molar-refractivity contribution in [3.63, 3.8) is 0 Å². The van der Waals surface area contributed by atoms with Gasteiger partial charge in [0.05, 0.1) is 11.6 Å².